The molecular weight excluding hydrogens is 536 g/mol. The fourth-order valence-electron chi connectivity index (χ4n) is 5.07. The highest BCUT2D eigenvalue weighted by atomic mass is 16.5. The normalized spacial score (nSPS) is 12.4. The maximum Gasteiger partial charge on any atom is 0.407 e. The monoisotopic (exact) mass is 572 g/mol. The Kier molecular flexibility index (Phi) is 10.2. The highest BCUT2D eigenvalue weighted by molar-refractivity contribution is 5.88. The predicted octanol–water partition coefficient (Wildman–Crippen LogP) is 4.73. The zero-order chi connectivity index (χ0) is 30.1. The molecule has 9 heteroatoms. The van der Waals surface area contributed by atoms with E-state index in [2.05, 4.69) is 24.0 Å². The number of ether oxygens (including phenoxy) is 4. The smallest absolute Gasteiger partial charge is 0.407 e. The molecule has 0 saturated carbocycles. The third kappa shape index (κ3) is 7.09. The van der Waals surface area contributed by atoms with Crippen LogP contribution in [0.1, 0.15) is 29.5 Å². The first-order valence-corrected chi connectivity index (χ1v) is 13.7. The van der Waals surface area contributed by atoms with Crippen LogP contribution in [0.15, 0.2) is 79.4 Å². The molecule has 0 unspecified atom stereocenters. The molecule has 0 aromatic heterocycles. The molecule has 0 saturated heterocycles. The molecule has 2 amide bonds. The number of nitrogens with zero attached hydrogens (tertiary/aromatic N) is 1. The minimum atomic E-state index is -0.946. The van der Waals surface area contributed by atoms with E-state index in [1.165, 1.54) is 11.0 Å². The summed E-state index contributed by atoms with van der Waals surface area (Å²) in [5.74, 6) is 0.0156. The Morgan fingerprint density at radius 3 is 2.19 bits per heavy atom. The summed E-state index contributed by atoms with van der Waals surface area (Å²) in [6.07, 6.45) is 1.17. The largest absolute Gasteiger partial charge is 0.493 e. The van der Waals surface area contributed by atoms with Gasteiger partial charge >= 0.3 is 12.1 Å². The zero-order valence-electron chi connectivity index (χ0n) is 24.1. The molecule has 42 heavy (non-hydrogen) atoms. The summed E-state index contributed by atoms with van der Waals surface area (Å²) in [5.41, 5.74) is 5.31. The molecule has 1 aliphatic rings. The van der Waals surface area contributed by atoms with Crippen LogP contribution in [0.4, 0.5) is 4.79 Å². The van der Waals surface area contributed by atoms with Crippen molar-refractivity contribution in [1.82, 2.24) is 10.2 Å². The fraction of sp³-hybridized carbons (Fsp3) is 0.303. The second kappa shape index (κ2) is 14.2. The number of hydrogen-bond donors (Lipinski definition) is 1. The first-order valence-electron chi connectivity index (χ1n) is 13.7. The quantitative estimate of drug-likeness (QED) is 0.233. The number of alkyl carbamates (subject to hydrolysis) is 1. The van der Waals surface area contributed by atoms with Gasteiger partial charge in [-0.1, -0.05) is 67.3 Å². The number of benzene rings is 3. The lowest BCUT2D eigenvalue weighted by Crippen LogP contribution is -2.49. The lowest BCUT2D eigenvalue weighted by Gasteiger charge is -2.25. The minimum absolute atomic E-state index is 0.0318. The van der Waals surface area contributed by atoms with E-state index in [0.717, 1.165) is 27.8 Å². The number of carbonyl (C=O) groups excluding carboxylic acids is 3. The lowest BCUT2D eigenvalue weighted by molar-refractivity contribution is -0.148. The number of esters is 1. The molecule has 0 radical (unpaired) electrons. The summed E-state index contributed by atoms with van der Waals surface area (Å²) in [7, 11) is 3.10. The Labute approximate surface area is 246 Å². The molecule has 220 valence electrons. The first kappa shape index (κ1) is 30.2. The molecule has 3 aromatic carbocycles. The third-order valence-corrected chi connectivity index (χ3v) is 7.16. The van der Waals surface area contributed by atoms with Crippen molar-refractivity contribution >= 4 is 18.0 Å². The van der Waals surface area contributed by atoms with Crippen LogP contribution in [-0.4, -0.2) is 69.4 Å². The van der Waals surface area contributed by atoms with E-state index < -0.39 is 24.0 Å². The molecule has 0 bridgehead atoms. The second-order valence-electron chi connectivity index (χ2n) is 9.86. The van der Waals surface area contributed by atoms with Gasteiger partial charge in [0.2, 0.25) is 5.91 Å². The van der Waals surface area contributed by atoms with E-state index in [-0.39, 0.29) is 32.2 Å². The van der Waals surface area contributed by atoms with Crippen molar-refractivity contribution < 1.29 is 33.3 Å². The van der Waals surface area contributed by atoms with Crippen molar-refractivity contribution in [2.24, 2.45) is 0 Å². The van der Waals surface area contributed by atoms with E-state index in [1.807, 2.05) is 48.5 Å². The molecule has 0 fully saturated rings. The highest BCUT2D eigenvalue weighted by Gasteiger charge is 2.30. The van der Waals surface area contributed by atoms with Gasteiger partial charge in [0.1, 0.15) is 25.8 Å². The molecule has 1 atom stereocenters. The van der Waals surface area contributed by atoms with Crippen molar-refractivity contribution in [3.63, 3.8) is 0 Å². The summed E-state index contributed by atoms with van der Waals surface area (Å²) < 4.78 is 21.4. The Hall–Kier alpha value is -4.79. The average Bonchev–Trinajstić information content (AvgIpc) is 3.33. The van der Waals surface area contributed by atoms with Crippen molar-refractivity contribution in [3.8, 4) is 22.6 Å². The number of amides is 2. The average molecular weight is 573 g/mol. The number of fused-ring (bicyclic) bond motifs is 3. The number of carbonyl (C=O) groups is 3. The minimum Gasteiger partial charge on any atom is -0.493 e. The van der Waals surface area contributed by atoms with E-state index in [0.29, 0.717) is 17.9 Å². The SMILES string of the molecule is C=CCOC(=O)CN(CCc1ccc(OC)c(OC)c1)C(=O)[C@H](C)NC(=O)OCC1c2ccccc2-c2ccccc21. The maximum atomic E-state index is 13.4. The van der Waals surface area contributed by atoms with Crippen LogP contribution < -0.4 is 14.8 Å². The molecule has 0 spiro atoms. The van der Waals surface area contributed by atoms with Crippen molar-refractivity contribution in [2.45, 2.75) is 25.3 Å². The lowest BCUT2D eigenvalue weighted by atomic mass is 9.98. The number of hydrogen-bond acceptors (Lipinski definition) is 7. The van der Waals surface area contributed by atoms with Crippen molar-refractivity contribution in [2.75, 3.05) is 40.5 Å². The Morgan fingerprint density at radius 2 is 1.57 bits per heavy atom. The predicted molar refractivity (Wildman–Crippen MR) is 159 cm³/mol. The topological polar surface area (TPSA) is 103 Å². The van der Waals surface area contributed by atoms with Crippen LogP contribution in [0.25, 0.3) is 11.1 Å². The summed E-state index contributed by atoms with van der Waals surface area (Å²) in [4.78, 5) is 40.0. The van der Waals surface area contributed by atoms with Crippen molar-refractivity contribution in [3.05, 3.63) is 96.1 Å². The van der Waals surface area contributed by atoms with E-state index in [4.69, 9.17) is 18.9 Å². The molecule has 1 aliphatic carbocycles. The molecule has 0 heterocycles. The molecule has 1 N–H and O–H groups in total. The fourth-order valence-corrected chi connectivity index (χ4v) is 5.07. The van der Waals surface area contributed by atoms with Gasteiger partial charge in [-0.05, 0) is 53.3 Å². The van der Waals surface area contributed by atoms with Crippen LogP contribution in [0.5, 0.6) is 11.5 Å². The van der Waals surface area contributed by atoms with Crippen LogP contribution >= 0.6 is 0 Å². The van der Waals surface area contributed by atoms with Gasteiger partial charge in [0.15, 0.2) is 11.5 Å². The summed E-state index contributed by atoms with van der Waals surface area (Å²) in [6, 6.07) is 20.6. The first-order chi connectivity index (χ1) is 20.4. The highest BCUT2D eigenvalue weighted by Crippen LogP contribution is 2.44. The van der Waals surface area contributed by atoms with E-state index in [1.54, 1.807) is 27.2 Å². The van der Waals surface area contributed by atoms with Gasteiger partial charge in [0.25, 0.3) is 0 Å². The third-order valence-electron chi connectivity index (χ3n) is 7.16. The van der Waals surface area contributed by atoms with Crippen LogP contribution in [0.2, 0.25) is 0 Å². The second-order valence-corrected chi connectivity index (χ2v) is 9.86. The van der Waals surface area contributed by atoms with Gasteiger partial charge < -0.3 is 29.2 Å². The van der Waals surface area contributed by atoms with Crippen molar-refractivity contribution in [1.29, 1.82) is 0 Å². The maximum absolute atomic E-state index is 13.4. The zero-order valence-corrected chi connectivity index (χ0v) is 24.1. The summed E-state index contributed by atoms with van der Waals surface area (Å²) >= 11 is 0. The summed E-state index contributed by atoms with van der Waals surface area (Å²) in [5, 5.41) is 2.62. The van der Waals surface area contributed by atoms with Gasteiger partial charge in [0.05, 0.1) is 14.2 Å². The van der Waals surface area contributed by atoms with Gasteiger partial charge in [-0.2, -0.15) is 0 Å². The molecule has 9 nitrogen and oxygen atoms in total. The van der Waals surface area contributed by atoms with E-state index in [9.17, 15) is 14.4 Å². The number of rotatable bonds is 13. The van der Waals surface area contributed by atoms with Gasteiger partial charge in [-0.25, -0.2) is 4.79 Å². The standard InChI is InChI=1S/C33H36N2O7/c1-5-18-41-31(36)20-35(17-16-23-14-15-29(39-3)30(19-23)40-4)32(37)22(2)34-33(38)42-21-28-26-12-8-6-10-24(26)25-11-7-9-13-27(25)28/h5-15,19,22,28H,1,16-18,20-21H2,2-4H3,(H,34,38)/t22-/m0/s1. The van der Waals surface area contributed by atoms with Gasteiger partial charge in [0, 0.05) is 12.5 Å². The Bertz CT molecular complexity index is 1390. The van der Waals surface area contributed by atoms with Gasteiger partial charge in [-0.3, -0.25) is 9.59 Å². The Balaban J connectivity index is 1.39. The molecule has 4 rings (SSSR count). The number of methoxy groups -OCH3 is 2. The van der Waals surface area contributed by atoms with Crippen LogP contribution in [0, 0.1) is 0 Å². The van der Waals surface area contributed by atoms with Crippen LogP contribution in [0.3, 0.4) is 0 Å². The van der Waals surface area contributed by atoms with Gasteiger partial charge in [-0.15, -0.1) is 0 Å². The molecular formula is C33H36N2O7. The molecule has 3 aromatic rings. The summed E-state index contributed by atoms with van der Waals surface area (Å²) in [6.45, 7) is 5.18. The van der Waals surface area contributed by atoms with Crippen LogP contribution in [-0.2, 0) is 25.5 Å². The molecule has 0 aliphatic heterocycles. The number of nitrogens with one attached hydrogen (secondary N) is 1. The van der Waals surface area contributed by atoms with E-state index >= 15 is 0 Å². The Morgan fingerprint density at radius 1 is 0.929 bits per heavy atom.